The van der Waals surface area contributed by atoms with Crippen molar-refractivity contribution in [2.24, 2.45) is 0 Å². The average Bonchev–Trinajstić information content (AvgIpc) is 2.30. The lowest BCUT2D eigenvalue weighted by atomic mass is 10.2. The monoisotopic (exact) mass is 219 g/mol. The summed E-state index contributed by atoms with van der Waals surface area (Å²) in [5.41, 5.74) is 1.18. The number of amides is 1. The number of hydrogen-bond acceptors (Lipinski definition) is 2. The van der Waals surface area contributed by atoms with E-state index in [4.69, 9.17) is 4.74 Å². The molecule has 0 unspecified atom stereocenters. The van der Waals surface area contributed by atoms with Gasteiger partial charge in [0, 0.05) is 19.7 Å². The fourth-order valence-electron chi connectivity index (χ4n) is 1.85. The van der Waals surface area contributed by atoms with Gasteiger partial charge >= 0.3 is 0 Å². The fraction of sp³-hybridized carbons (Fsp3) is 0.462. The molecule has 1 aliphatic heterocycles. The van der Waals surface area contributed by atoms with E-state index in [0.29, 0.717) is 13.2 Å². The van der Waals surface area contributed by atoms with Crippen LogP contribution in [-0.2, 0) is 16.1 Å². The summed E-state index contributed by atoms with van der Waals surface area (Å²) >= 11 is 0. The minimum Gasteiger partial charge on any atom is -0.372 e. The van der Waals surface area contributed by atoms with Crippen molar-refractivity contribution in [3.05, 3.63) is 35.9 Å². The summed E-state index contributed by atoms with van der Waals surface area (Å²) in [6.45, 7) is 2.48. The molecule has 1 aromatic carbocycles. The van der Waals surface area contributed by atoms with E-state index in [-0.39, 0.29) is 12.5 Å². The maximum absolute atomic E-state index is 11.8. The van der Waals surface area contributed by atoms with Crippen LogP contribution in [-0.4, -0.2) is 30.6 Å². The van der Waals surface area contributed by atoms with Crippen LogP contribution in [0.25, 0.3) is 0 Å². The highest BCUT2D eigenvalue weighted by Crippen LogP contribution is 2.08. The van der Waals surface area contributed by atoms with Gasteiger partial charge in [0.05, 0.1) is 0 Å². The van der Waals surface area contributed by atoms with Gasteiger partial charge in [0.25, 0.3) is 0 Å². The zero-order chi connectivity index (χ0) is 11.2. The lowest BCUT2D eigenvalue weighted by Crippen LogP contribution is -2.36. The van der Waals surface area contributed by atoms with Gasteiger partial charge in [-0.15, -0.1) is 0 Å². The van der Waals surface area contributed by atoms with E-state index in [9.17, 15) is 4.79 Å². The molecule has 0 aliphatic carbocycles. The van der Waals surface area contributed by atoms with E-state index >= 15 is 0 Å². The Kier molecular flexibility index (Phi) is 3.94. The quantitative estimate of drug-likeness (QED) is 0.759. The third kappa shape index (κ3) is 3.07. The molecule has 3 nitrogen and oxygen atoms in total. The van der Waals surface area contributed by atoms with Crippen molar-refractivity contribution in [2.75, 3.05) is 19.8 Å². The highest BCUT2D eigenvalue weighted by Gasteiger charge is 2.15. The Morgan fingerprint density at radius 1 is 1.19 bits per heavy atom. The van der Waals surface area contributed by atoms with Gasteiger partial charge in [0.1, 0.15) is 6.61 Å². The molecule has 1 fully saturated rings. The van der Waals surface area contributed by atoms with Gasteiger partial charge < -0.3 is 9.64 Å². The van der Waals surface area contributed by atoms with Crippen molar-refractivity contribution in [3.63, 3.8) is 0 Å². The number of carbonyl (C=O) groups is 1. The first-order valence-electron chi connectivity index (χ1n) is 5.76. The Bertz CT molecular complexity index is 337. The molecule has 0 aromatic heterocycles. The summed E-state index contributed by atoms with van der Waals surface area (Å²) in [6.07, 6.45) is 2.07. The van der Waals surface area contributed by atoms with Crippen LogP contribution in [0.5, 0.6) is 0 Å². The van der Waals surface area contributed by atoms with Gasteiger partial charge in [0.15, 0.2) is 0 Å². The minimum absolute atomic E-state index is 0.101. The predicted octanol–water partition coefficient (Wildman–Crippen LogP) is 1.83. The molecule has 0 bridgehead atoms. The van der Waals surface area contributed by atoms with Crippen LogP contribution in [0.15, 0.2) is 30.3 Å². The van der Waals surface area contributed by atoms with E-state index in [0.717, 1.165) is 19.4 Å². The molecule has 0 saturated carbocycles. The summed E-state index contributed by atoms with van der Waals surface area (Å²) in [5, 5.41) is 0. The first kappa shape index (κ1) is 11.1. The van der Waals surface area contributed by atoms with E-state index in [1.54, 1.807) is 0 Å². The van der Waals surface area contributed by atoms with Crippen LogP contribution in [0.2, 0.25) is 0 Å². The molecular formula is C13H17NO2. The number of nitrogens with zero attached hydrogens (tertiary/aromatic N) is 1. The van der Waals surface area contributed by atoms with Gasteiger partial charge in [-0.3, -0.25) is 4.79 Å². The van der Waals surface area contributed by atoms with E-state index in [1.165, 1.54) is 5.56 Å². The number of benzene rings is 1. The van der Waals surface area contributed by atoms with Crippen LogP contribution in [0.1, 0.15) is 18.4 Å². The molecule has 0 atom stereocenters. The van der Waals surface area contributed by atoms with Gasteiger partial charge in [-0.25, -0.2) is 0 Å². The Morgan fingerprint density at radius 2 is 2.00 bits per heavy atom. The maximum atomic E-state index is 11.8. The Labute approximate surface area is 96.0 Å². The standard InChI is InChI=1S/C13H17NO2/c15-13-11-16-9-5-4-8-14(13)10-12-6-2-1-3-7-12/h1-3,6-7H,4-5,8-11H2. The summed E-state index contributed by atoms with van der Waals surface area (Å²) in [5.74, 6) is 0.101. The minimum atomic E-state index is 0.101. The smallest absolute Gasteiger partial charge is 0.248 e. The SMILES string of the molecule is O=C1COCCCCN1Cc1ccccc1. The van der Waals surface area contributed by atoms with Crippen molar-refractivity contribution in [1.29, 1.82) is 0 Å². The molecule has 1 saturated heterocycles. The van der Waals surface area contributed by atoms with E-state index in [1.807, 2.05) is 35.2 Å². The van der Waals surface area contributed by atoms with Crippen LogP contribution in [0.3, 0.4) is 0 Å². The van der Waals surface area contributed by atoms with Crippen molar-refractivity contribution >= 4 is 5.91 Å². The van der Waals surface area contributed by atoms with Crippen molar-refractivity contribution in [2.45, 2.75) is 19.4 Å². The number of rotatable bonds is 2. The molecule has 86 valence electrons. The summed E-state index contributed by atoms with van der Waals surface area (Å²) in [4.78, 5) is 13.7. The van der Waals surface area contributed by atoms with Crippen molar-refractivity contribution < 1.29 is 9.53 Å². The lowest BCUT2D eigenvalue weighted by molar-refractivity contribution is -0.138. The average molecular weight is 219 g/mol. The number of ether oxygens (including phenoxy) is 1. The topological polar surface area (TPSA) is 29.5 Å². The maximum Gasteiger partial charge on any atom is 0.248 e. The zero-order valence-corrected chi connectivity index (χ0v) is 9.39. The van der Waals surface area contributed by atoms with Crippen LogP contribution in [0.4, 0.5) is 0 Å². The van der Waals surface area contributed by atoms with Crippen LogP contribution < -0.4 is 0 Å². The van der Waals surface area contributed by atoms with Gasteiger partial charge in [0.2, 0.25) is 5.91 Å². The third-order valence-electron chi connectivity index (χ3n) is 2.76. The first-order chi connectivity index (χ1) is 7.86. The molecule has 2 rings (SSSR count). The molecule has 0 N–H and O–H groups in total. The lowest BCUT2D eigenvalue weighted by Gasteiger charge is -2.24. The van der Waals surface area contributed by atoms with Gasteiger partial charge in [-0.2, -0.15) is 0 Å². The molecular weight excluding hydrogens is 202 g/mol. The van der Waals surface area contributed by atoms with E-state index < -0.39 is 0 Å². The highest BCUT2D eigenvalue weighted by molar-refractivity contribution is 5.77. The summed E-state index contributed by atoms with van der Waals surface area (Å²) < 4.78 is 5.26. The number of carbonyl (C=O) groups excluding carboxylic acids is 1. The Morgan fingerprint density at radius 3 is 2.81 bits per heavy atom. The zero-order valence-electron chi connectivity index (χ0n) is 9.39. The first-order valence-corrected chi connectivity index (χ1v) is 5.76. The van der Waals surface area contributed by atoms with Crippen LogP contribution >= 0.6 is 0 Å². The molecule has 0 spiro atoms. The Balaban J connectivity index is 1.98. The summed E-state index contributed by atoms with van der Waals surface area (Å²) in [7, 11) is 0. The summed E-state index contributed by atoms with van der Waals surface area (Å²) in [6, 6.07) is 10.1. The molecule has 3 heteroatoms. The highest BCUT2D eigenvalue weighted by atomic mass is 16.5. The van der Waals surface area contributed by atoms with Gasteiger partial charge in [-0.1, -0.05) is 30.3 Å². The second-order valence-corrected chi connectivity index (χ2v) is 4.06. The van der Waals surface area contributed by atoms with Crippen molar-refractivity contribution in [1.82, 2.24) is 4.90 Å². The second-order valence-electron chi connectivity index (χ2n) is 4.06. The van der Waals surface area contributed by atoms with Crippen molar-refractivity contribution in [3.8, 4) is 0 Å². The van der Waals surface area contributed by atoms with Gasteiger partial charge in [-0.05, 0) is 18.4 Å². The third-order valence-corrected chi connectivity index (χ3v) is 2.76. The second kappa shape index (κ2) is 5.66. The molecule has 1 aromatic rings. The molecule has 1 heterocycles. The molecule has 1 aliphatic rings. The normalized spacial score (nSPS) is 18.0. The molecule has 16 heavy (non-hydrogen) atoms. The fourth-order valence-corrected chi connectivity index (χ4v) is 1.85. The predicted molar refractivity (Wildman–Crippen MR) is 61.9 cm³/mol. The largest absolute Gasteiger partial charge is 0.372 e. The molecule has 1 amide bonds. The molecule has 0 radical (unpaired) electrons. The Hall–Kier alpha value is -1.35. The number of hydrogen-bond donors (Lipinski definition) is 0. The van der Waals surface area contributed by atoms with Crippen LogP contribution in [0, 0.1) is 0 Å². The van der Waals surface area contributed by atoms with E-state index in [2.05, 4.69) is 0 Å².